The van der Waals surface area contributed by atoms with Crippen molar-refractivity contribution in [2.45, 2.75) is 0 Å². The van der Waals surface area contributed by atoms with Crippen molar-refractivity contribution in [2.24, 2.45) is 0 Å². The van der Waals surface area contributed by atoms with Gasteiger partial charge in [0.1, 0.15) is 6.35 Å². The van der Waals surface area contributed by atoms with Crippen molar-refractivity contribution in [3.63, 3.8) is 0 Å². The topological polar surface area (TPSA) is 37.3 Å². The molecule has 0 aliphatic carbocycles. The SMILES string of the molecule is C[P](=O)CO. The minimum atomic E-state index is -1.29. The van der Waals surface area contributed by atoms with E-state index in [1.807, 2.05) is 0 Å². The van der Waals surface area contributed by atoms with Crippen LogP contribution in [0.4, 0.5) is 0 Å². The number of hydrogen-bond donors (Lipinski definition) is 1. The molecule has 5 heavy (non-hydrogen) atoms. The van der Waals surface area contributed by atoms with E-state index in [0.717, 1.165) is 0 Å². The summed E-state index contributed by atoms with van der Waals surface area (Å²) in [5, 5.41) is 7.86. The van der Waals surface area contributed by atoms with E-state index in [-0.39, 0.29) is 6.35 Å². The Bertz CT molecular complexity index is 42.9. The molecule has 0 spiro atoms. The summed E-state index contributed by atoms with van der Waals surface area (Å²) in [5.74, 6) is 0. The summed E-state index contributed by atoms with van der Waals surface area (Å²) in [5.41, 5.74) is 0. The molecule has 1 atom stereocenters. The lowest BCUT2D eigenvalue weighted by Crippen LogP contribution is -1.63. The minimum absolute atomic E-state index is 0.185. The summed E-state index contributed by atoms with van der Waals surface area (Å²) in [4.78, 5) is 0. The van der Waals surface area contributed by atoms with Gasteiger partial charge in [-0.3, -0.25) is 4.57 Å². The molecule has 1 unspecified atom stereocenters. The summed E-state index contributed by atoms with van der Waals surface area (Å²) in [7, 11) is -1.29. The van der Waals surface area contributed by atoms with Gasteiger partial charge in [-0.2, -0.15) is 0 Å². The normalized spacial score (nSPS) is 11.2. The monoisotopic (exact) mass is 93.0 g/mol. The fraction of sp³-hybridized carbons (Fsp3) is 1.00. The molecule has 0 aliphatic heterocycles. The Kier molecular flexibility index (Phi) is 2.33. The van der Waals surface area contributed by atoms with Crippen LogP contribution in [-0.2, 0) is 4.57 Å². The number of aliphatic hydroxyl groups is 1. The molecular formula is C2H6O2P. The summed E-state index contributed by atoms with van der Waals surface area (Å²) in [6.45, 7) is 1.48. The zero-order valence-corrected chi connectivity index (χ0v) is 3.90. The summed E-state index contributed by atoms with van der Waals surface area (Å²) in [6, 6.07) is 0. The van der Waals surface area contributed by atoms with Gasteiger partial charge in [-0.05, 0) is 0 Å². The number of hydrogen-bond acceptors (Lipinski definition) is 2. The average Bonchev–Trinajstić information content (AvgIpc) is 1.38. The van der Waals surface area contributed by atoms with Gasteiger partial charge in [-0.15, -0.1) is 0 Å². The second-order valence-corrected chi connectivity index (χ2v) is 2.31. The molecule has 0 amide bonds. The van der Waals surface area contributed by atoms with Gasteiger partial charge in [-0.25, -0.2) is 0 Å². The molecule has 2 nitrogen and oxygen atoms in total. The standard InChI is InChI=1S/C2H6O2P/c1-5(4)2-3/h3H,2H2,1H3. The van der Waals surface area contributed by atoms with Gasteiger partial charge in [-0.1, -0.05) is 0 Å². The Hall–Kier alpha value is 0.0600. The molecule has 0 aromatic heterocycles. The van der Waals surface area contributed by atoms with Crippen LogP contribution < -0.4 is 0 Å². The highest BCUT2D eigenvalue weighted by Crippen LogP contribution is 2.07. The average molecular weight is 93.0 g/mol. The molecule has 1 N–H and O–H groups in total. The molecule has 1 radical (unpaired) electrons. The highest BCUT2D eigenvalue weighted by atomic mass is 31.1. The molecule has 0 heterocycles. The fourth-order valence-electron chi connectivity index (χ4n) is 0. The van der Waals surface area contributed by atoms with Crippen molar-refractivity contribution in [1.29, 1.82) is 0 Å². The van der Waals surface area contributed by atoms with Gasteiger partial charge >= 0.3 is 0 Å². The van der Waals surface area contributed by atoms with E-state index in [4.69, 9.17) is 5.11 Å². The Labute approximate surface area is 31.6 Å². The van der Waals surface area contributed by atoms with Gasteiger partial charge in [0.25, 0.3) is 0 Å². The third kappa shape index (κ3) is 4.06. The molecule has 0 aromatic rings. The maximum Gasteiger partial charge on any atom is 0.113 e. The van der Waals surface area contributed by atoms with E-state index in [2.05, 4.69) is 0 Å². The summed E-state index contributed by atoms with van der Waals surface area (Å²) >= 11 is 0. The number of aliphatic hydroxyl groups excluding tert-OH is 1. The highest BCUT2D eigenvalue weighted by molar-refractivity contribution is 7.43. The van der Waals surface area contributed by atoms with Crippen molar-refractivity contribution in [2.75, 3.05) is 13.0 Å². The third-order valence-corrected chi connectivity index (χ3v) is 0.597. The molecule has 0 saturated carbocycles. The van der Waals surface area contributed by atoms with Crippen LogP contribution in [0.3, 0.4) is 0 Å². The van der Waals surface area contributed by atoms with Crippen molar-refractivity contribution in [1.82, 2.24) is 0 Å². The predicted octanol–water partition coefficient (Wildman–Crippen LogP) is 0.393. The van der Waals surface area contributed by atoms with Crippen LogP contribution in [0.5, 0.6) is 0 Å². The second kappa shape index (κ2) is 2.31. The van der Waals surface area contributed by atoms with E-state index in [1.165, 1.54) is 6.66 Å². The Morgan fingerprint density at radius 1 is 2.00 bits per heavy atom. The molecule has 0 saturated heterocycles. The van der Waals surface area contributed by atoms with Crippen LogP contribution in [0.1, 0.15) is 0 Å². The highest BCUT2D eigenvalue weighted by Gasteiger charge is 1.76. The minimum Gasteiger partial charge on any atom is -0.385 e. The van der Waals surface area contributed by atoms with Gasteiger partial charge in [0.05, 0.1) is 7.80 Å². The molecular weight excluding hydrogens is 87.0 g/mol. The summed E-state index contributed by atoms with van der Waals surface area (Å²) in [6.07, 6.45) is -0.185. The zero-order chi connectivity index (χ0) is 4.28. The lowest BCUT2D eigenvalue weighted by atomic mass is 11.7. The smallest absolute Gasteiger partial charge is 0.113 e. The molecule has 0 aliphatic rings. The van der Waals surface area contributed by atoms with Crippen LogP contribution in [0.15, 0.2) is 0 Å². The first kappa shape index (κ1) is 5.06. The van der Waals surface area contributed by atoms with Crippen molar-refractivity contribution >= 4 is 7.80 Å². The predicted molar refractivity (Wildman–Crippen MR) is 20.6 cm³/mol. The van der Waals surface area contributed by atoms with Gasteiger partial charge in [0.2, 0.25) is 0 Å². The second-order valence-electron chi connectivity index (χ2n) is 0.769. The first-order valence-corrected chi connectivity index (χ1v) is 3.15. The third-order valence-electron chi connectivity index (χ3n) is 0.199. The van der Waals surface area contributed by atoms with Crippen molar-refractivity contribution in [3.8, 4) is 0 Å². The lowest BCUT2D eigenvalue weighted by molar-refractivity contribution is 0.363. The molecule has 0 rings (SSSR count). The first-order valence-electron chi connectivity index (χ1n) is 1.26. The van der Waals surface area contributed by atoms with Crippen LogP contribution in [0.2, 0.25) is 0 Å². The maximum atomic E-state index is 9.71. The van der Waals surface area contributed by atoms with Gasteiger partial charge < -0.3 is 5.11 Å². The molecule has 0 bridgehead atoms. The quantitative estimate of drug-likeness (QED) is 0.476. The number of rotatable bonds is 1. The van der Waals surface area contributed by atoms with Gasteiger partial charge in [0, 0.05) is 6.66 Å². The summed E-state index contributed by atoms with van der Waals surface area (Å²) < 4.78 is 9.71. The largest absolute Gasteiger partial charge is 0.385 e. The van der Waals surface area contributed by atoms with Crippen molar-refractivity contribution in [3.05, 3.63) is 0 Å². The van der Waals surface area contributed by atoms with Crippen molar-refractivity contribution < 1.29 is 9.67 Å². The van der Waals surface area contributed by atoms with Gasteiger partial charge in [0.15, 0.2) is 0 Å². The zero-order valence-electron chi connectivity index (χ0n) is 3.01. The molecule has 0 fully saturated rings. The van der Waals surface area contributed by atoms with E-state index in [0.29, 0.717) is 0 Å². The van der Waals surface area contributed by atoms with E-state index in [1.54, 1.807) is 0 Å². The molecule has 0 aromatic carbocycles. The van der Waals surface area contributed by atoms with Crippen LogP contribution in [0.25, 0.3) is 0 Å². The molecule has 31 valence electrons. The Balaban J connectivity index is 2.85. The van der Waals surface area contributed by atoms with E-state index in [9.17, 15) is 4.57 Å². The Morgan fingerprint density at radius 2 is 2.20 bits per heavy atom. The lowest BCUT2D eigenvalue weighted by Gasteiger charge is -1.73. The van der Waals surface area contributed by atoms with Crippen LogP contribution in [-0.4, -0.2) is 18.1 Å². The van der Waals surface area contributed by atoms with Crippen LogP contribution in [0, 0.1) is 0 Å². The van der Waals surface area contributed by atoms with Crippen LogP contribution >= 0.6 is 7.80 Å². The maximum absolute atomic E-state index is 9.71. The van der Waals surface area contributed by atoms with E-state index >= 15 is 0 Å². The molecule has 3 heteroatoms. The Morgan fingerprint density at radius 3 is 2.20 bits per heavy atom. The first-order chi connectivity index (χ1) is 2.27. The van der Waals surface area contributed by atoms with E-state index < -0.39 is 7.80 Å². The fourth-order valence-corrected chi connectivity index (χ4v) is 0.